The van der Waals surface area contributed by atoms with Crippen LogP contribution in [0.5, 0.6) is 0 Å². The van der Waals surface area contributed by atoms with Crippen molar-refractivity contribution in [2.24, 2.45) is 22.7 Å². The molecule has 3 atom stereocenters. The van der Waals surface area contributed by atoms with Gasteiger partial charge in [0.15, 0.2) is 0 Å². The third kappa shape index (κ3) is 1.16. The van der Waals surface area contributed by atoms with Crippen LogP contribution in [0.4, 0.5) is 0 Å². The summed E-state index contributed by atoms with van der Waals surface area (Å²) in [5.41, 5.74) is 0.881. The molecule has 0 aromatic carbocycles. The Kier molecular flexibility index (Phi) is 1.84. The van der Waals surface area contributed by atoms with Crippen LogP contribution in [0.15, 0.2) is 0 Å². The van der Waals surface area contributed by atoms with Crippen molar-refractivity contribution in [3.8, 4) is 0 Å². The number of aldehydes is 1. The van der Waals surface area contributed by atoms with E-state index in [2.05, 4.69) is 20.8 Å². The van der Waals surface area contributed by atoms with E-state index in [1.54, 1.807) is 0 Å². The highest BCUT2D eigenvalue weighted by molar-refractivity contribution is 5.55. The van der Waals surface area contributed by atoms with E-state index < -0.39 is 0 Å². The van der Waals surface area contributed by atoms with Crippen molar-refractivity contribution in [2.75, 3.05) is 0 Å². The Morgan fingerprint density at radius 3 is 2.46 bits per heavy atom. The predicted molar refractivity (Wildman–Crippen MR) is 53.4 cm³/mol. The number of carbonyl (C=O) groups excluding carboxylic acids is 1. The maximum atomic E-state index is 11.0. The maximum Gasteiger partial charge on any atom is 0.123 e. The molecule has 2 rings (SSSR count). The van der Waals surface area contributed by atoms with Crippen molar-refractivity contribution in [2.45, 2.75) is 46.5 Å². The second-order valence-electron chi connectivity index (χ2n) is 5.96. The Morgan fingerprint density at radius 2 is 1.85 bits per heavy atom. The Labute approximate surface area is 80.9 Å². The molecule has 0 aromatic heterocycles. The average molecular weight is 180 g/mol. The predicted octanol–water partition coefficient (Wildman–Crippen LogP) is 3.04. The van der Waals surface area contributed by atoms with Crippen LogP contribution < -0.4 is 0 Å². The molecule has 0 bridgehead atoms. The van der Waals surface area contributed by atoms with Crippen LogP contribution in [0.1, 0.15) is 46.5 Å². The van der Waals surface area contributed by atoms with Crippen LogP contribution in [0.3, 0.4) is 0 Å². The lowest BCUT2D eigenvalue weighted by Crippen LogP contribution is -2.30. The van der Waals surface area contributed by atoms with Crippen LogP contribution in [-0.4, -0.2) is 6.29 Å². The van der Waals surface area contributed by atoms with Gasteiger partial charge in [-0.1, -0.05) is 20.8 Å². The van der Waals surface area contributed by atoms with E-state index >= 15 is 0 Å². The second-order valence-corrected chi connectivity index (χ2v) is 5.96. The lowest BCUT2D eigenvalue weighted by Gasteiger charge is -2.34. The van der Waals surface area contributed by atoms with E-state index in [0.717, 1.165) is 6.42 Å². The summed E-state index contributed by atoms with van der Waals surface area (Å²) in [4.78, 5) is 11.0. The van der Waals surface area contributed by atoms with E-state index in [-0.39, 0.29) is 0 Å². The minimum Gasteiger partial charge on any atom is -0.303 e. The minimum absolute atomic E-state index is 0.350. The number of rotatable bonds is 1. The quantitative estimate of drug-likeness (QED) is 0.567. The van der Waals surface area contributed by atoms with E-state index in [0.29, 0.717) is 22.7 Å². The highest BCUT2D eigenvalue weighted by Crippen LogP contribution is 2.63. The van der Waals surface area contributed by atoms with Gasteiger partial charge in [0.05, 0.1) is 0 Å². The van der Waals surface area contributed by atoms with Crippen molar-refractivity contribution < 1.29 is 4.79 Å². The molecule has 2 aliphatic carbocycles. The van der Waals surface area contributed by atoms with Crippen molar-refractivity contribution in [3.05, 3.63) is 0 Å². The molecule has 0 aliphatic heterocycles. The first-order valence-corrected chi connectivity index (χ1v) is 5.45. The fourth-order valence-electron chi connectivity index (χ4n) is 4.05. The first-order chi connectivity index (χ1) is 5.99. The summed E-state index contributed by atoms with van der Waals surface area (Å²) in [6.45, 7) is 7.06. The molecule has 1 nitrogen and oxygen atoms in total. The molecule has 2 saturated carbocycles. The van der Waals surface area contributed by atoms with Gasteiger partial charge in [-0.3, -0.25) is 0 Å². The van der Waals surface area contributed by atoms with Crippen molar-refractivity contribution in [1.82, 2.24) is 0 Å². The molecule has 2 fully saturated rings. The Morgan fingerprint density at radius 1 is 1.15 bits per heavy atom. The van der Waals surface area contributed by atoms with Gasteiger partial charge < -0.3 is 4.79 Å². The molecule has 3 unspecified atom stereocenters. The van der Waals surface area contributed by atoms with Crippen LogP contribution in [0, 0.1) is 22.7 Å². The van der Waals surface area contributed by atoms with Gasteiger partial charge >= 0.3 is 0 Å². The van der Waals surface area contributed by atoms with Gasteiger partial charge in [0.2, 0.25) is 0 Å². The molecular formula is C12H20O. The number of hydrogen-bond donors (Lipinski definition) is 0. The zero-order chi connectivity index (χ0) is 9.69. The van der Waals surface area contributed by atoms with Crippen LogP contribution in [-0.2, 0) is 4.79 Å². The van der Waals surface area contributed by atoms with Crippen molar-refractivity contribution in [1.29, 1.82) is 0 Å². The van der Waals surface area contributed by atoms with Crippen LogP contribution >= 0.6 is 0 Å². The molecule has 0 aromatic rings. The molecule has 0 spiro atoms. The lowest BCUT2D eigenvalue weighted by molar-refractivity contribution is -0.113. The van der Waals surface area contributed by atoms with Gasteiger partial charge in [-0.2, -0.15) is 0 Å². The van der Waals surface area contributed by atoms with Gasteiger partial charge in [0, 0.05) is 5.92 Å². The number of carbonyl (C=O) groups is 1. The standard InChI is InChI=1S/C12H20O/c1-11(2)6-7-12(3)5-4-9(8-13)10(11)12/h8-10H,4-7H2,1-3H3. The Bertz CT molecular complexity index is 231. The Balaban J connectivity index is 2.32. The largest absolute Gasteiger partial charge is 0.303 e. The molecule has 0 radical (unpaired) electrons. The molecule has 74 valence electrons. The highest BCUT2D eigenvalue weighted by Gasteiger charge is 2.56. The summed E-state index contributed by atoms with van der Waals surface area (Å²) >= 11 is 0. The topological polar surface area (TPSA) is 17.1 Å². The first-order valence-electron chi connectivity index (χ1n) is 5.45. The number of fused-ring (bicyclic) bond motifs is 1. The zero-order valence-corrected chi connectivity index (χ0v) is 8.97. The summed E-state index contributed by atoms with van der Waals surface area (Å²) in [7, 11) is 0. The molecular weight excluding hydrogens is 160 g/mol. The normalized spacial score (nSPS) is 47.6. The summed E-state index contributed by atoms with van der Waals surface area (Å²) < 4.78 is 0. The van der Waals surface area contributed by atoms with Gasteiger partial charge in [-0.25, -0.2) is 0 Å². The van der Waals surface area contributed by atoms with E-state index in [4.69, 9.17) is 0 Å². The third-order valence-corrected chi connectivity index (χ3v) is 4.58. The molecule has 0 amide bonds. The number of hydrogen-bond acceptors (Lipinski definition) is 1. The molecule has 2 aliphatic rings. The minimum atomic E-state index is 0.350. The summed E-state index contributed by atoms with van der Waals surface area (Å²) in [6, 6.07) is 0. The smallest absolute Gasteiger partial charge is 0.123 e. The van der Waals surface area contributed by atoms with Crippen molar-refractivity contribution >= 4 is 6.29 Å². The van der Waals surface area contributed by atoms with Gasteiger partial charge in [-0.15, -0.1) is 0 Å². The second kappa shape index (κ2) is 2.59. The van der Waals surface area contributed by atoms with Crippen LogP contribution in [0.2, 0.25) is 0 Å². The monoisotopic (exact) mass is 180 g/mol. The lowest BCUT2D eigenvalue weighted by atomic mass is 9.70. The fourth-order valence-corrected chi connectivity index (χ4v) is 4.05. The van der Waals surface area contributed by atoms with E-state index in [1.165, 1.54) is 25.5 Å². The molecule has 0 heterocycles. The molecule has 13 heavy (non-hydrogen) atoms. The van der Waals surface area contributed by atoms with Gasteiger partial charge in [-0.05, 0) is 42.4 Å². The first kappa shape index (κ1) is 9.23. The molecule has 0 saturated heterocycles. The van der Waals surface area contributed by atoms with E-state index in [9.17, 15) is 4.79 Å². The zero-order valence-electron chi connectivity index (χ0n) is 8.97. The highest BCUT2D eigenvalue weighted by atomic mass is 16.1. The fraction of sp³-hybridized carbons (Fsp3) is 0.917. The molecule has 0 N–H and O–H groups in total. The summed E-state index contributed by atoms with van der Waals surface area (Å²) in [5.74, 6) is 1.000. The Hall–Kier alpha value is -0.330. The van der Waals surface area contributed by atoms with Crippen molar-refractivity contribution in [3.63, 3.8) is 0 Å². The van der Waals surface area contributed by atoms with Gasteiger partial charge in [0.25, 0.3) is 0 Å². The van der Waals surface area contributed by atoms with Crippen LogP contribution in [0.25, 0.3) is 0 Å². The molecule has 1 heteroatoms. The third-order valence-electron chi connectivity index (χ3n) is 4.58. The van der Waals surface area contributed by atoms with Gasteiger partial charge in [0.1, 0.15) is 6.29 Å². The summed E-state index contributed by atoms with van der Waals surface area (Å²) in [6.07, 6.45) is 6.25. The average Bonchev–Trinajstić information content (AvgIpc) is 2.50. The maximum absolute atomic E-state index is 11.0. The SMILES string of the molecule is CC1(C)CCC2(C)CCC(C=O)C12. The van der Waals surface area contributed by atoms with E-state index in [1.807, 2.05) is 0 Å². The summed E-state index contributed by atoms with van der Waals surface area (Å²) in [5, 5.41) is 0.